The van der Waals surface area contributed by atoms with Crippen LogP contribution in [-0.4, -0.2) is 59.6 Å². The maximum atomic E-state index is 12.8. The summed E-state index contributed by atoms with van der Waals surface area (Å²) in [6.07, 6.45) is 2.06. The topological polar surface area (TPSA) is 63.3 Å². The number of thiocarbonyl (C=S) groups is 1. The predicted molar refractivity (Wildman–Crippen MR) is 99.6 cm³/mol. The first-order chi connectivity index (χ1) is 12.5. The number of ether oxygens (including phenoxy) is 3. The molecule has 1 N–H and O–H groups in total. The number of carbonyl (C=O) groups is 1. The summed E-state index contributed by atoms with van der Waals surface area (Å²) in [6.45, 7) is 6.31. The summed E-state index contributed by atoms with van der Waals surface area (Å²) in [5.41, 5.74) is 1.31. The summed E-state index contributed by atoms with van der Waals surface area (Å²) in [4.78, 5) is 16.6. The number of carbonyl (C=O) groups excluding carboxylic acids is 1. The molecule has 0 saturated carbocycles. The Morgan fingerprint density at radius 1 is 1.23 bits per heavy atom. The molecule has 7 nitrogen and oxygen atoms in total. The van der Waals surface area contributed by atoms with Crippen molar-refractivity contribution in [1.82, 2.24) is 15.1 Å². The minimum Gasteiger partial charge on any atom is -0.454 e. The smallest absolute Gasteiger partial charge is 0.277 e. The summed E-state index contributed by atoms with van der Waals surface area (Å²) >= 11 is 5.37. The molecule has 1 amide bonds. The molecule has 2 fully saturated rings. The fourth-order valence-corrected chi connectivity index (χ4v) is 3.72. The zero-order chi connectivity index (χ0) is 18.3. The highest BCUT2D eigenvalue weighted by atomic mass is 32.1. The van der Waals surface area contributed by atoms with Gasteiger partial charge in [-0.2, -0.15) is 0 Å². The van der Waals surface area contributed by atoms with E-state index in [4.69, 9.17) is 26.4 Å². The first kappa shape index (κ1) is 17.3. The highest BCUT2D eigenvalue weighted by molar-refractivity contribution is 7.80. The third kappa shape index (κ3) is 3.40. The summed E-state index contributed by atoms with van der Waals surface area (Å²) < 4.78 is 16.4. The minimum absolute atomic E-state index is 0.125. The molecule has 1 aromatic rings. The SMILES string of the molecule is C[C@H]1CN(CN2C(=O)/C(=C\c3ccc4c(c3)OCO4)NC2=S)C[C@H](C)O1. The summed E-state index contributed by atoms with van der Waals surface area (Å²) in [5, 5.41) is 3.45. The monoisotopic (exact) mass is 375 g/mol. The number of hydrogen-bond acceptors (Lipinski definition) is 6. The van der Waals surface area contributed by atoms with Gasteiger partial charge in [-0.05, 0) is 49.8 Å². The summed E-state index contributed by atoms with van der Waals surface area (Å²) in [6, 6.07) is 5.56. The lowest BCUT2D eigenvalue weighted by molar-refractivity contribution is -0.126. The van der Waals surface area contributed by atoms with Gasteiger partial charge >= 0.3 is 0 Å². The second-order valence-corrected chi connectivity index (χ2v) is 7.16. The predicted octanol–water partition coefficient (Wildman–Crippen LogP) is 1.54. The lowest BCUT2D eigenvalue weighted by atomic mass is 10.1. The van der Waals surface area contributed by atoms with Crippen molar-refractivity contribution in [1.29, 1.82) is 0 Å². The maximum absolute atomic E-state index is 12.8. The van der Waals surface area contributed by atoms with Gasteiger partial charge in [0.25, 0.3) is 5.91 Å². The van der Waals surface area contributed by atoms with Crippen LogP contribution in [0.2, 0.25) is 0 Å². The Morgan fingerprint density at radius 3 is 2.73 bits per heavy atom. The molecule has 0 spiro atoms. The van der Waals surface area contributed by atoms with Crippen LogP contribution in [0, 0.1) is 0 Å². The van der Waals surface area contributed by atoms with Gasteiger partial charge in [0.05, 0.1) is 18.9 Å². The van der Waals surface area contributed by atoms with Gasteiger partial charge in [-0.15, -0.1) is 0 Å². The number of rotatable bonds is 3. The normalized spacial score (nSPS) is 27.3. The van der Waals surface area contributed by atoms with Crippen molar-refractivity contribution in [3.8, 4) is 11.5 Å². The molecule has 2 saturated heterocycles. The zero-order valence-electron chi connectivity index (χ0n) is 14.7. The van der Waals surface area contributed by atoms with Crippen molar-refractivity contribution in [3.05, 3.63) is 29.5 Å². The molecule has 8 heteroatoms. The van der Waals surface area contributed by atoms with Gasteiger partial charge in [-0.1, -0.05) is 6.07 Å². The van der Waals surface area contributed by atoms with Gasteiger partial charge in [0.2, 0.25) is 6.79 Å². The average molecular weight is 375 g/mol. The molecule has 0 aromatic heterocycles. The standard InChI is InChI=1S/C18H21N3O4S/c1-11-7-20(8-12(2)25-11)9-21-17(22)14(19-18(21)26)5-13-3-4-15-16(6-13)24-10-23-15/h3-6,11-12H,7-10H2,1-2H3,(H,19,26)/b14-5+/t11-,12-/m0/s1. The van der Waals surface area contributed by atoms with E-state index in [1.165, 1.54) is 0 Å². The molecule has 26 heavy (non-hydrogen) atoms. The van der Waals surface area contributed by atoms with E-state index in [0.29, 0.717) is 29.0 Å². The van der Waals surface area contributed by atoms with Crippen molar-refractivity contribution in [3.63, 3.8) is 0 Å². The Balaban J connectivity index is 1.48. The average Bonchev–Trinajstić information content (AvgIpc) is 3.14. The third-order valence-corrected chi connectivity index (χ3v) is 4.83. The Labute approximate surface area is 157 Å². The Kier molecular flexibility index (Phi) is 4.56. The van der Waals surface area contributed by atoms with Crippen LogP contribution in [-0.2, 0) is 9.53 Å². The van der Waals surface area contributed by atoms with Crippen molar-refractivity contribution >= 4 is 29.3 Å². The zero-order valence-corrected chi connectivity index (χ0v) is 15.5. The number of hydrogen-bond donors (Lipinski definition) is 1. The van der Waals surface area contributed by atoms with Gasteiger partial charge < -0.3 is 19.5 Å². The lowest BCUT2D eigenvalue weighted by Gasteiger charge is -2.36. The molecule has 2 atom stereocenters. The van der Waals surface area contributed by atoms with E-state index in [1.807, 2.05) is 32.0 Å². The molecule has 0 unspecified atom stereocenters. The second-order valence-electron chi connectivity index (χ2n) is 6.77. The number of fused-ring (bicyclic) bond motifs is 1. The molecular weight excluding hydrogens is 354 g/mol. The van der Waals surface area contributed by atoms with E-state index in [9.17, 15) is 4.79 Å². The van der Waals surface area contributed by atoms with E-state index in [0.717, 1.165) is 18.7 Å². The minimum atomic E-state index is -0.125. The highest BCUT2D eigenvalue weighted by Crippen LogP contribution is 2.33. The molecule has 4 rings (SSSR count). The van der Waals surface area contributed by atoms with E-state index in [1.54, 1.807) is 11.0 Å². The van der Waals surface area contributed by atoms with Crippen molar-refractivity contribution in [2.75, 3.05) is 26.6 Å². The van der Waals surface area contributed by atoms with E-state index >= 15 is 0 Å². The summed E-state index contributed by atoms with van der Waals surface area (Å²) in [5.74, 6) is 1.27. The number of nitrogens with one attached hydrogen (secondary N) is 1. The van der Waals surface area contributed by atoms with Gasteiger partial charge in [0.1, 0.15) is 5.70 Å². The Morgan fingerprint density at radius 2 is 1.96 bits per heavy atom. The lowest BCUT2D eigenvalue weighted by Crippen LogP contribution is -2.51. The molecule has 3 heterocycles. The van der Waals surface area contributed by atoms with Crippen molar-refractivity contribution < 1.29 is 19.0 Å². The molecule has 0 aliphatic carbocycles. The van der Waals surface area contributed by atoms with Crippen LogP contribution in [0.25, 0.3) is 6.08 Å². The number of nitrogens with zero attached hydrogens (tertiary/aromatic N) is 2. The van der Waals surface area contributed by atoms with E-state index in [2.05, 4.69) is 10.2 Å². The van der Waals surface area contributed by atoms with Crippen LogP contribution in [0.3, 0.4) is 0 Å². The van der Waals surface area contributed by atoms with Crippen LogP contribution in [0.15, 0.2) is 23.9 Å². The molecule has 3 aliphatic rings. The molecule has 138 valence electrons. The molecule has 0 radical (unpaired) electrons. The fourth-order valence-electron chi connectivity index (χ4n) is 3.47. The first-order valence-electron chi connectivity index (χ1n) is 8.61. The van der Waals surface area contributed by atoms with E-state index in [-0.39, 0.29) is 24.9 Å². The Hall–Kier alpha value is -2.16. The van der Waals surface area contributed by atoms with Crippen molar-refractivity contribution in [2.45, 2.75) is 26.1 Å². The third-order valence-electron chi connectivity index (χ3n) is 4.51. The van der Waals surface area contributed by atoms with Crippen LogP contribution < -0.4 is 14.8 Å². The molecule has 0 bridgehead atoms. The number of benzene rings is 1. The van der Waals surface area contributed by atoms with Crippen LogP contribution >= 0.6 is 12.2 Å². The summed E-state index contributed by atoms with van der Waals surface area (Å²) in [7, 11) is 0. The number of morpholine rings is 1. The van der Waals surface area contributed by atoms with E-state index < -0.39 is 0 Å². The van der Waals surface area contributed by atoms with Crippen LogP contribution in [0.1, 0.15) is 19.4 Å². The quantitative estimate of drug-likeness (QED) is 0.635. The molecule has 1 aromatic carbocycles. The van der Waals surface area contributed by atoms with Gasteiger partial charge in [0.15, 0.2) is 16.6 Å². The van der Waals surface area contributed by atoms with Crippen LogP contribution in [0.4, 0.5) is 0 Å². The first-order valence-corrected chi connectivity index (χ1v) is 9.02. The fraction of sp³-hybridized carbons (Fsp3) is 0.444. The largest absolute Gasteiger partial charge is 0.454 e. The molecular formula is C18H21N3O4S. The van der Waals surface area contributed by atoms with Crippen LogP contribution in [0.5, 0.6) is 11.5 Å². The number of amides is 1. The maximum Gasteiger partial charge on any atom is 0.277 e. The van der Waals surface area contributed by atoms with Gasteiger partial charge in [-0.3, -0.25) is 14.6 Å². The molecule has 3 aliphatic heterocycles. The highest BCUT2D eigenvalue weighted by Gasteiger charge is 2.33. The van der Waals surface area contributed by atoms with Crippen molar-refractivity contribution in [2.24, 2.45) is 0 Å². The van der Waals surface area contributed by atoms with Gasteiger partial charge in [0, 0.05) is 13.1 Å². The Bertz CT molecular complexity index is 772. The van der Waals surface area contributed by atoms with Gasteiger partial charge in [-0.25, -0.2) is 0 Å². The second kappa shape index (κ2) is 6.86.